The lowest BCUT2D eigenvalue weighted by Gasteiger charge is -2.21. The van der Waals surface area contributed by atoms with Gasteiger partial charge >= 0.3 is 0 Å². The van der Waals surface area contributed by atoms with Crippen LogP contribution < -0.4 is 10.5 Å². The molecule has 0 aromatic heterocycles. The lowest BCUT2D eigenvalue weighted by atomic mass is 10.3. The summed E-state index contributed by atoms with van der Waals surface area (Å²) in [7, 11) is -3.56. The first-order valence-corrected chi connectivity index (χ1v) is 8.54. The molecule has 0 radical (unpaired) electrons. The van der Waals surface area contributed by atoms with Gasteiger partial charge in [0.05, 0.1) is 15.6 Å². The standard InChI is InChI=1S/C13H20ClN3O2S/c1-10(9-17-6-2-3-7-17)16-20(18,19)11-4-5-13(15)12(14)8-11/h4-5,8,10,16H,2-3,6-7,9,15H2,1H3. The molecule has 1 fully saturated rings. The van der Waals surface area contributed by atoms with Crippen LogP contribution in [0.2, 0.25) is 5.02 Å². The fourth-order valence-electron chi connectivity index (χ4n) is 2.40. The van der Waals surface area contributed by atoms with Crippen LogP contribution in [0.5, 0.6) is 0 Å². The normalized spacial score (nSPS) is 18.3. The molecule has 1 atom stereocenters. The zero-order valence-corrected chi connectivity index (χ0v) is 13.0. The molecular weight excluding hydrogens is 298 g/mol. The SMILES string of the molecule is CC(CN1CCCC1)NS(=O)(=O)c1ccc(N)c(Cl)c1. The molecule has 1 heterocycles. The van der Waals surface area contributed by atoms with E-state index in [0.717, 1.165) is 19.6 Å². The van der Waals surface area contributed by atoms with Gasteiger partial charge in [-0.3, -0.25) is 0 Å². The van der Waals surface area contributed by atoms with Crippen molar-refractivity contribution >= 4 is 27.3 Å². The van der Waals surface area contributed by atoms with E-state index in [0.29, 0.717) is 5.69 Å². The molecule has 5 nitrogen and oxygen atoms in total. The Balaban J connectivity index is 2.03. The van der Waals surface area contributed by atoms with Crippen molar-refractivity contribution in [2.24, 2.45) is 0 Å². The van der Waals surface area contributed by atoms with Crippen LogP contribution >= 0.6 is 11.6 Å². The van der Waals surface area contributed by atoms with Gasteiger partial charge in [-0.05, 0) is 51.1 Å². The Hall–Kier alpha value is -0.820. The van der Waals surface area contributed by atoms with Gasteiger partial charge in [-0.25, -0.2) is 13.1 Å². The molecule has 2 rings (SSSR count). The van der Waals surface area contributed by atoms with Crippen molar-refractivity contribution in [1.82, 2.24) is 9.62 Å². The molecule has 7 heteroatoms. The minimum Gasteiger partial charge on any atom is -0.398 e. The van der Waals surface area contributed by atoms with Crippen LogP contribution in [0.15, 0.2) is 23.1 Å². The maximum absolute atomic E-state index is 12.3. The second-order valence-electron chi connectivity index (χ2n) is 5.21. The van der Waals surface area contributed by atoms with E-state index in [-0.39, 0.29) is 16.0 Å². The number of likely N-dealkylation sites (tertiary alicyclic amines) is 1. The van der Waals surface area contributed by atoms with Gasteiger partial charge in [0, 0.05) is 12.6 Å². The van der Waals surface area contributed by atoms with Crippen LogP contribution in [0.25, 0.3) is 0 Å². The molecule has 1 saturated heterocycles. The van der Waals surface area contributed by atoms with E-state index < -0.39 is 10.0 Å². The third-order valence-electron chi connectivity index (χ3n) is 3.37. The largest absolute Gasteiger partial charge is 0.398 e. The summed E-state index contributed by atoms with van der Waals surface area (Å²) < 4.78 is 27.2. The Bertz CT molecular complexity index is 571. The first-order valence-electron chi connectivity index (χ1n) is 6.68. The first-order chi connectivity index (χ1) is 9.38. The van der Waals surface area contributed by atoms with E-state index >= 15 is 0 Å². The quantitative estimate of drug-likeness (QED) is 0.810. The molecule has 1 aromatic carbocycles. The van der Waals surface area contributed by atoms with Gasteiger partial charge in [0.15, 0.2) is 0 Å². The van der Waals surface area contributed by atoms with Gasteiger partial charge in [-0.1, -0.05) is 11.6 Å². The van der Waals surface area contributed by atoms with Crippen molar-refractivity contribution in [2.45, 2.75) is 30.7 Å². The smallest absolute Gasteiger partial charge is 0.240 e. The van der Waals surface area contributed by atoms with E-state index in [1.807, 2.05) is 6.92 Å². The fraction of sp³-hybridized carbons (Fsp3) is 0.538. The fourth-order valence-corrected chi connectivity index (χ4v) is 3.90. The summed E-state index contributed by atoms with van der Waals surface area (Å²) in [5, 5.41) is 0.250. The van der Waals surface area contributed by atoms with Crippen LogP contribution in [0.4, 0.5) is 5.69 Å². The number of hydrogen-bond donors (Lipinski definition) is 2. The number of nitrogens with one attached hydrogen (secondary N) is 1. The summed E-state index contributed by atoms with van der Waals surface area (Å²) in [5.74, 6) is 0. The molecule has 0 saturated carbocycles. The van der Waals surface area contributed by atoms with Gasteiger partial charge in [-0.15, -0.1) is 0 Å². The molecule has 1 aromatic rings. The topological polar surface area (TPSA) is 75.4 Å². The van der Waals surface area contributed by atoms with Gasteiger partial charge in [0.1, 0.15) is 0 Å². The number of hydrogen-bond acceptors (Lipinski definition) is 4. The molecule has 1 unspecified atom stereocenters. The van der Waals surface area contributed by atoms with Crippen molar-refractivity contribution in [3.8, 4) is 0 Å². The van der Waals surface area contributed by atoms with Gasteiger partial charge < -0.3 is 10.6 Å². The number of halogens is 1. The number of nitrogens with zero attached hydrogens (tertiary/aromatic N) is 1. The third-order valence-corrected chi connectivity index (χ3v) is 5.28. The summed E-state index contributed by atoms with van der Waals surface area (Å²) in [6.07, 6.45) is 2.38. The monoisotopic (exact) mass is 317 g/mol. The Labute approximate surface area is 125 Å². The minimum absolute atomic E-state index is 0.143. The van der Waals surface area contributed by atoms with E-state index in [4.69, 9.17) is 17.3 Å². The van der Waals surface area contributed by atoms with Gasteiger partial charge in [0.2, 0.25) is 10.0 Å². The molecule has 0 aliphatic carbocycles. The highest BCUT2D eigenvalue weighted by molar-refractivity contribution is 7.89. The summed E-state index contributed by atoms with van der Waals surface area (Å²) >= 11 is 5.87. The van der Waals surface area contributed by atoms with Gasteiger partial charge in [-0.2, -0.15) is 0 Å². The Kier molecular flexibility index (Phi) is 4.90. The summed E-state index contributed by atoms with van der Waals surface area (Å²) in [4.78, 5) is 2.41. The Morgan fingerprint density at radius 1 is 1.40 bits per heavy atom. The predicted octanol–water partition coefficient (Wildman–Crippen LogP) is 1.68. The van der Waals surface area contributed by atoms with Crippen molar-refractivity contribution in [1.29, 1.82) is 0 Å². The number of sulfonamides is 1. The average molecular weight is 318 g/mol. The van der Waals surface area contributed by atoms with Crippen LogP contribution in [-0.4, -0.2) is 39.0 Å². The third kappa shape index (κ3) is 3.85. The van der Waals surface area contributed by atoms with Crippen LogP contribution in [-0.2, 0) is 10.0 Å². The number of nitrogens with two attached hydrogens (primary N) is 1. The molecular formula is C13H20ClN3O2S. The second kappa shape index (κ2) is 6.30. The lowest BCUT2D eigenvalue weighted by molar-refractivity contribution is 0.313. The lowest BCUT2D eigenvalue weighted by Crippen LogP contribution is -2.41. The maximum Gasteiger partial charge on any atom is 0.240 e. The Morgan fingerprint density at radius 3 is 2.65 bits per heavy atom. The van der Waals surface area contributed by atoms with Crippen LogP contribution in [0, 0.1) is 0 Å². The maximum atomic E-state index is 12.3. The van der Waals surface area contributed by atoms with E-state index in [9.17, 15) is 8.42 Å². The van der Waals surface area contributed by atoms with E-state index in [1.54, 1.807) is 0 Å². The predicted molar refractivity (Wildman–Crippen MR) is 81.3 cm³/mol. The molecule has 0 bridgehead atoms. The van der Waals surface area contributed by atoms with Crippen LogP contribution in [0.3, 0.4) is 0 Å². The number of benzene rings is 1. The Morgan fingerprint density at radius 2 is 2.05 bits per heavy atom. The number of rotatable bonds is 5. The number of anilines is 1. The molecule has 1 aliphatic rings. The highest BCUT2D eigenvalue weighted by Crippen LogP contribution is 2.22. The first kappa shape index (κ1) is 15.6. The van der Waals surface area contributed by atoms with E-state index in [1.165, 1.54) is 31.0 Å². The second-order valence-corrected chi connectivity index (χ2v) is 7.33. The van der Waals surface area contributed by atoms with Crippen molar-refractivity contribution in [3.05, 3.63) is 23.2 Å². The van der Waals surface area contributed by atoms with Crippen molar-refractivity contribution in [2.75, 3.05) is 25.4 Å². The van der Waals surface area contributed by atoms with Crippen LogP contribution in [0.1, 0.15) is 19.8 Å². The summed E-state index contributed by atoms with van der Waals surface area (Å²) in [5.41, 5.74) is 5.96. The van der Waals surface area contributed by atoms with Gasteiger partial charge in [0.25, 0.3) is 0 Å². The highest BCUT2D eigenvalue weighted by Gasteiger charge is 2.21. The molecule has 20 heavy (non-hydrogen) atoms. The van der Waals surface area contributed by atoms with Crippen molar-refractivity contribution in [3.63, 3.8) is 0 Å². The van der Waals surface area contributed by atoms with E-state index in [2.05, 4.69) is 9.62 Å². The highest BCUT2D eigenvalue weighted by atomic mass is 35.5. The zero-order valence-electron chi connectivity index (χ0n) is 11.5. The molecule has 112 valence electrons. The summed E-state index contributed by atoms with van der Waals surface area (Å²) in [6, 6.07) is 4.20. The molecule has 0 amide bonds. The summed E-state index contributed by atoms with van der Waals surface area (Å²) in [6.45, 7) is 4.68. The average Bonchev–Trinajstić information content (AvgIpc) is 2.84. The van der Waals surface area contributed by atoms with Crippen molar-refractivity contribution < 1.29 is 8.42 Å². The molecule has 3 N–H and O–H groups in total. The zero-order chi connectivity index (χ0) is 14.8. The molecule has 0 spiro atoms. The molecule has 1 aliphatic heterocycles. The number of nitrogen functional groups attached to an aromatic ring is 1. The minimum atomic E-state index is -3.56.